The Morgan fingerprint density at radius 2 is 1.34 bits per heavy atom. The van der Waals surface area contributed by atoms with Gasteiger partial charge in [0.2, 0.25) is 0 Å². The zero-order chi connectivity index (χ0) is 24.9. The third kappa shape index (κ3) is 9.18. The first-order valence-corrected chi connectivity index (χ1v) is 15.0. The van der Waals surface area contributed by atoms with E-state index in [1.807, 2.05) is 0 Å². The van der Waals surface area contributed by atoms with Crippen LogP contribution in [0, 0.1) is 23.5 Å². The third-order valence-corrected chi connectivity index (χ3v) is 8.53. The second kappa shape index (κ2) is 15.6. The monoisotopic (exact) mass is 484 g/mol. The fraction of sp³-hybridized carbons (Fsp3) is 0.697. The van der Waals surface area contributed by atoms with Crippen LogP contribution in [-0.2, 0) is 6.42 Å². The Morgan fingerprint density at radius 1 is 0.743 bits per heavy atom. The van der Waals surface area contributed by atoms with Gasteiger partial charge in [0.15, 0.2) is 0 Å². The summed E-state index contributed by atoms with van der Waals surface area (Å²) in [7, 11) is 0. The SMILES string of the molecule is CCCCCCCCCC[C@H]1CC[C@H](C2=CCC(c3cc(F)c(CCCCC)c(F)c3)C=C2)CC1. The average molecular weight is 485 g/mol. The van der Waals surface area contributed by atoms with E-state index in [4.69, 9.17) is 0 Å². The van der Waals surface area contributed by atoms with Gasteiger partial charge in [0.25, 0.3) is 0 Å². The number of allylic oxidation sites excluding steroid dienone is 4. The maximum Gasteiger partial charge on any atom is 0.129 e. The molecular formula is C33H50F2. The highest BCUT2D eigenvalue weighted by molar-refractivity contribution is 5.36. The first kappa shape index (κ1) is 28.1. The molecular weight excluding hydrogens is 434 g/mol. The van der Waals surface area contributed by atoms with E-state index in [2.05, 4.69) is 32.1 Å². The molecule has 1 saturated carbocycles. The Labute approximate surface area is 214 Å². The fourth-order valence-electron chi connectivity index (χ4n) is 6.17. The lowest BCUT2D eigenvalue weighted by Crippen LogP contribution is -2.17. The molecule has 1 aromatic carbocycles. The molecule has 0 radical (unpaired) electrons. The smallest absolute Gasteiger partial charge is 0.129 e. The third-order valence-electron chi connectivity index (χ3n) is 8.53. The van der Waals surface area contributed by atoms with Crippen LogP contribution in [0.5, 0.6) is 0 Å². The van der Waals surface area contributed by atoms with Crippen molar-refractivity contribution < 1.29 is 8.78 Å². The lowest BCUT2D eigenvalue weighted by Gasteiger charge is -2.31. The van der Waals surface area contributed by atoms with Crippen LogP contribution >= 0.6 is 0 Å². The number of rotatable bonds is 15. The van der Waals surface area contributed by atoms with E-state index in [-0.39, 0.29) is 23.1 Å². The number of hydrogen-bond donors (Lipinski definition) is 0. The van der Waals surface area contributed by atoms with Gasteiger partial charge in [-0.25, -0.2) is 8.78 Å². The summed E-state index contributed by atoms with van der Waals surface area (Å²) in [6.45, 7) is 4.39. The van der Waals surface area contributed by atoms with Gasteiger partial charge in [0.05, 0.1) is 0 Å². The van der Waals surface area contributed by atoms with Crippen molar-refractivity contribution in [3.63, 3.8) is 0 Å². The van der Waals surface area contributed by atoms with Gasteiger partial charge in [-0.1, -0.05) is 103 Å². The minimum atomic E-state index is -0.367. The van der Waals surface area contributed by atoms with E-state index in [0.717, 1.165) is 37.2 Å². The highest BCUT2D eigenvalue weighted by Gasteiger charge is 2.24. The largest absolute Gasteiger partial charge is 0.207 e. The highest BCUT2D eigenvalue weighted by atomic mass is 19.1. The van der Waals surface area contributed by atoms with Gasteiger partial charge in [0.1, 0.15) is 11.6 Å². The van der Waals surface area contributed by atoms with Crippen molar-refractivity contribution in [2.45, 2.75) is 135 Å². The molecule has 2 aliphatic carbocycles. The van der Waals surface area contributed by atoms with E-state index >= 15 is 0 Å². The van der Waals surface area contributed by atoms with E-state index in [9.17, 15) is 8.78 Å². The predicted octanol–water partition coefficient (Wildman–Crippen LogP) is 11.0. The minimum Gasteiger partial charge on any atom is -0.207 e. The zero-order valence-electron chi connectivity index (χ0n) is 22.6. The van der Waals surface area contributed by atoms with Gasteiger partial charge in [-0.05, 0) is 80.1 Å². The number of benzene rings is 1. The standard InChI is InChI=1S/C33H50F2/c1-3-5-7-8-9-10-11-13-14-26-16-18-27(19-17-26)28-20-22-29(23-21-28)30-24-32(34)31(33(35)25-30)15-12-6-4-2/h20-22,24-27,29H,3-19,23H2,1-2H3/t26-,27-,29?. The Bertz CT molecular complexity index is 774. The van der Waals surface area contributed by atoms with Gasteiger partial charge >= 0.3 is 0 Å². The second-order valence-electron chi connectivity index (χ2n) is 11.3. The van der Waals surface area contributed by atoms with Crippen molar-refractivity contribution >= 4 is 0 Å². The van der Waals surface area contributed by atoms with Crippen LogP contribution in [0.4, 0.5) is 8.78 Å². The molecule has 0 aromatic heterocycles. The highest BCUT2D eigenvalue weighted by Crippen LogP contribution is 2.39. The first-order chi connectivity index (χ1) is 17.1. The lowest BCUT2D eigenvalue weighted by molar-refractivity contribution is 0.282. The average Bonchev–Trinajstić information content (AvgIpc) is 2.88. The molecule has 196 valence electrons. The van der Waals surface area contributed by atoms with Gasteiger partial charge in [-0.2, -0.15) is 0 Å². The predicted molar refractivity (Wildman–Crippen MR) is 147 cm³/mol. The molecule has 1 atom stereocenters. The second-order valence-corrected chi connectivity index (χ2v) is 11.3. The van der Waals surface area contributed by atoms with Crippen LogP contribution in [0.2, 0.25) is 0 Å². The molecule has 0 N–H and O–H groups in total. The Kier molecular flexibility index (Phi) is 12.6. The van der Waals surface area contributed by atoms with Crippen LogP contribution in [0.15, 0.2) is 35.9 Å². The van der Waals surface area contributed by atoms with E-state index in [1.54, 1.807) is 12.1 Å². The molecule has 1 unspecified atom stereocenters. The van der Waals surface area contributed by atoms with Gasteiger partial charge < -0.3 is 0 Å². The summed E-state index contributed by atoms with van der Waals surface area (Å²) in [4.78, 5) is 0. The molecule has 2 heteroatoms. The topological polar surface area (TPSA) is 0 Å². The normalized spacial score (nSPS) is 22.4. The van der Waals surface area contributed by atoms with Crippen molar-refractivity contribution in [1.29, 1.82) is 0 Å². The van der Waals surface area contributed by atoms with Gasteiger partial charge in [-0.15, -0.1) is 0 Å². The molecule has 1 fully saturated rings. The van der Waals surface area contributed by atoms with Crippen LogP contribution in [0.1, 0.15) is 140 Å². The first-order valence-electron chi connectivity index (χ1n) is 15.0. The fourth-order valence-corrected chi connectivity index (χ4v) is 6.17. The van der Waals surface area contributed by atoms with Crippen molar-refractivity contribution in [3.05, 3.63) is 58.7 Å². The Balaban J connectivity index is 1.38. The molecule has 0 spiro atoms. The summed E-state index contributed by atoms with van der Waals surface area (Å²) >= 11 is 0. The molecule has 0 amide bonds. The maximum atomic E-state index is 14.6. The zero-order valence-corrected chi connectivity index (χ0v) is 22.6. The minimum absolute atomic E-state index is 0.0887. The number of unbranched alkanes of at least 4 members (excludes halogenated alkanes) is 9. The molecule has 35 heavy (non-hydrogen) atoms. The van der Waals surface area contributed by atoms with Crippen LogP contribution < -0.4 is 0 Å². The molecule has 2 aliphatic rings. The van der Waals surface area contributed by atoms with Crippen molar-refractivity contribution in [2.75, 3.05) is 0 Å². The molecule has 3 rings (SSSR count). The van der Waals surface area contributed by atoms with Crippen LogP contribution in [-0.4, -0.2) is 0 Å². The summed E-state index contributed by atoms with van der Waals surface area (Å²) < 4.78 is 29.2. The van der Waals surface area contributed by atoms with E-state index in [1.165, 1.54) is 89.0 Å². The van der Waals surface area contributed by atoms with Crippen molar-refractivity contribution in [2.24, 2.45) is 11.8 Å². The summed E-state index contributed by atoms with van der Waals surface area (Å²) in [5.74, 6) is 0.958. The van der Waals surface area contributed by atoms with Crippen molar-refractivity contribution in [3.8, 4) is 0 Å². The van der Waals surface area contributed by atoms with Crippen molar-refractivity contribution in [1.82, 2.24) is 0 Å². The molecule has 1 aromatic rings. The maximum absolute atomic E-state index is 14.6. The quantitative estimate of drug-likeness (QED) is 0.217. The van der Waals surface area contributed by atoms with Crippen LogP contribution in [0.3, 0.4) is 0 Å². The summed E-state index contributed by atoms with van der Waals surface area (Å²) in [6, 6.07) is 3.16. The molecule has 0 nitrogen and oxygen atoms in total. The summed E-state index contributed by atoms with van der Waals surface area (Å²) in [5, 5.41) is 0. The molecule has 0 bridgehead atoms. The van der Waals surface area contributed by atoms with E-state index < -0.39 is 0 Å². The van der Waals surface area contributed by atoms with Gasteiger partial charge in [-0.3, -0.25) is 0 Å². The summed E-state index contributed by atoms with van der Waals surface area (Å²) in [5.41, 5.74) is 2.51. The Morgan fingerprint density at radius 3 is 1.94 bits per heavy atom. The lowest BCUT2D eigenvalue weighted by atomic mass is 9.75. The molecule has 0 saturated heterocycles. The van der Waals surface area contributed by atoms with E-state index in [0.29, 0.717) is 12.3 Å². The molecule has 0 heterocycles. The molecule has 0 aliphatic heterocycles. The number of halogens is 2. The van der Waals surface area contributed by atoms with Gasteiger partial charge in [0, 0.05) is 11.5 Å². The summed E-state index contributed by atoms with van der Waals surface area (Å²) in [6.07, 6.45) is 29.1. The Hall–Kier alpha value is -1.44. The van der Waals surface area contributed by atoms with Crippen LogP contribution in [0.25, 0.3) is 0 Å². The number of hydrogen-bond acceptors (Lipinski definition) is 0.